The van der Waals surface area contributed by atoms with Crippen molar-refractivity contribution in [3.8, 4) is 11.8 Å². The van der Waals surface area contributed by atoms with Crippen LogP contribution in [0.15, 0.2) is 34.7 Å². The number of H-pyrrole nitrogens is 1. The van der Waals surface area contributed by atoms with E-state index in [1.165, 1.54) is 19.3 Å². The molecular formula is C20H20N4O2. The molecule has 0 atom stereocenters. The predicted octanol–water partition coefficient (Wildman–Crippen LogP) is 4.22. The Balaban J connectivity index is 1.62. The third kappa shape index (κ3) is 3.16. The van der Waals surface area contributed by atoms with Crippen LogP contribution in [0.25, 0.3) is 22.7 Å². The number of furan rings is 1. The Kier molecular flexibility index (Phi) is 4.36. The van der Waals surface area contributed by atoms with Gasteiger partial charge in [0.15, 0.2) is 5.88 Å². The molecule has 6 nitrogen and oxygen atoms in total. The van der Waals surface area contributed by atoms with Gasteiger partial charge in [0.05, 0.1) is 23.7 Å². The van der Waals surface area contributed by atoms with Gasteiger partial charge in [-0.3, -0.25) is 0 Å². The minimum atomic E-state index is 0.430. The van der Waals surface area contributed by atoms with Gasteiger partial charge >= 0.3 is 0 Å². The molecule has 2 aromatic heterocycles. The summed E-state index contributed by atoms with van der Waals surface area (Å²) in [4.78, 5) is 9.93. The minimum Gasteiger partial charge on any atom is -0.497 e. The molecule has 1 saturated heterocycles. The number of anilines is 1. The van der Waals surface area contributed by atoms with Crippen LogP contribution >= 0.6 is 0 Å². The van der Waals surface area contributed by atoms with Crippen LogP contribution in [0.2, 0.25) is 0 Å². The zero-order chi connectivity index (χ0) is 17.9. The number of aromatic amines is 1. The predicted molar refractivity (Wildman–Crippen MR) is 101 cm³/mol. The van der Waals surface area contributed by atoms with Gasteiger partial charge in [-0.15, -0.1) is 0 Å². The number of aromatic nitrogens is 2. The molecule has 0 amide bonds. The fraction of sp³-hybridized carbons (Fsp3) is 0.300. The average Bonchev–Trinajstić information content (AvgIpc) is 3.32. The number of nitriles is 1. The first-order valence-electron chi connectivity index (χ1n) is 8.77. The van der Waals surface area contributed by atoms with E-state index < -0.39 is 0 Å². The number of benzene rings is 1. The van der Waals surface area contributed by atoms with E-state index in [2.05, 4.69) is 20.9 Å². The van der Waals surface area contributed by atoms with Crippen LogP contribution in [0.4, 0.5) is 5.88 Å². The topological polar surface area (TPSA) is 78.1 Å². The maximum absolute atomic E-state index is 9.57. The summed E-state index contributed by atoms with van der Waals surface area (Å²) in [6.07, 6.45) is 5.39. The number of nitrogens with zero attached hydrogens (tertiary/aromatic N) is 3. The minimum absolute atomic E-state index is 0.430. The van der Waals surface area contributed by atoms with E-state index in [-0.39, 0.29) is 0 Å². The lowest BCUT2D eigenvalue weighted by Crippen LogP contribution is -2.28. The van der Waals surface area contributed by atoms with Gasteiger partial charge in [-0.2, -0.15) is 5.26 Å². The van der Waals surface area contributed by atoms with Gasteiger partial charge in [0.1, 0.15) is 23.4 Å². The Labute approximate surface area is 151 Å². The van der Waals surface area contributed by atoms with Crippen molar-refractivity contribution in [2.75, 3.05) is 25.1 Å². The molecule has 0 saturated carbocycles. The van der Waals surface area contributed by atoms with Gasteiger partial charge in [-0.25, -0.2) is 4.98 Å². The highest BCUT2D eigenvalue weighted by Crippen LogP contribution is 2.26. The van der Waals surface area contributed by atoms with Gasteiger partial charge in [0.25, 0.3) is 0 Å². The van der Waals surface area contributed by atoms with Crippen molar-refractivity contribution in [3.05, 3.63) is 41.9 Å². The van der Waals surface area contributed by atoms with E-state index in [1.807, 2.05) is 30.3 Å². The fourth-order valence-corrected chi connectivity index (χ4v) is 3.24. The molecule has 3 heterocycles. The number of piperidine rings is 1. The number of ether oxygens (including phenoxy) is 1. The van der Waals surface area contributed by atoms with Crippen LogP contribution in [0.1, 0.15) is 30.8 Å². The summed E-state index contributed by atoms with van der Waals surface area (Å²) in [6, 6.07) is 11.6. The Morgan fingerprint density at radius 1 is 1.27 bits per heavy atom. The number of hydrogen-bond donors (Lipinski definition) is 1. The number of fused-ring (bicyclic) bond motifs is 1. The highest BCUT2D eigenvalue weighted by Gasteiger charge is 2.15. The number of rotatable bonds is 4. The Bertz CT molecular complexity index is 987. The van der Waals surface area contributed by atoms with E-state index in [0.29, 0.717) is 17.2 Å². The highest BCUT2D eigenvalue weighted by molar-refractivity contribution is 5.89. The van der Waals surface area contributed by atoms with Crippen molar-refractivity contribution in [2.24, 2.45) is 0 Å². The van der Waals surface area contributed by atoms with Crippen molar-refractivity contribution >= 4 is 28.6 Å². The fourth-order valence-electron chi connectivity index (χ4n) is 3.24. The number of allylic oxidation sites excluding steroid dienone is 1. The van der Waals surface area contributed by atoms with Crippen LogP contribution in [0.3, 0.4) is 0 Å². The second-order valence-electron chi connectivity index (χ2n) is 6.36. The number of hydrogen-bond acceptors (Lipinski definition) is 5. The summed E-state index contributed by atoms with van der Waals surface area (Å²) in [5.74, 6) is 2.78. The molecule has 1 aliphatic heterocycles. The van der Waals surface area contributed by atoms with E-state index in [0.717, 1.165) is 35.8 Å². The molecule has 0 radical (unpaired) electrons. The number of nitrogens with one attached hydrogen (secondary N) is 1. The Hall–Kier alpha value is -3.20. The molecule has 1 aliphatic rings. The van der Waals surface area contributed by atoms with Crippen molar-refractivity contribution < 1.29 is 9.15 Å². The third-order valence-corrected chi connectivity index (χ3v) is 4.63. The van der Waals surface area contributed by atoms with Crippen LogP contribution in [0.5, 0.6) is 5.75 Å². The normalized spacial score (nSPS) is 15.2. The molecule has 1 N–H and O–H groups in total. The van der Waals surface area contributed by atoms with E-state index >= 15 is 0 Å². The summed E-state index contributed by atoms with van der Waals surface area (Å²) in [6.45, 7) is 2.04. The second kappa shape index (κ2) is 6.96. The van der Waals surface area contributed by atoms with Gasteiger partial charge < -0.3 is 19.0 Å². The lowest BCUT2D eigenvalue weighted by Gasteiger charge is -2.25. The molecule has 1 aromatic carbocycles. The molecule has 0 bridgehead atoms. The molecule has 4 rings (SSSR count). The van der Waals surface area contributed by atoms with Crippen molar-refractivity contribution in [3.63, 3.8) is 0 Å². The largest absolute Gasteiger partial charge is 0.497 e. The van der Waals surface area contributed by atoms with Crippen LogP contribution in [-0.4, -0.2) is 30.2 Å². The summed E-state index contributed by atoms with van der Waals surface area (Å²) in [5.41, 5.74) is 2.05. The summed E-state index contributed by atoms with van der Waals surface area (Å²) < 4.78 is 11.2. The molecule has 132 valence electrons. The first-order valence-corrected chi connectivity index (χ1v) is 8.77. The maximum Gasteiger partial charge on any atom is 0.196 e. The Morgan fingerprint density at radius 2 is 2.12 bits per heavy atom. The maximum atomic E-state index is 9.57. The molecule has 3 aromatic rings. The first kappa shape index (κ1) is 16.3. The third-order valence-electron chi connectivity index (χ3n) is 4.63. The lowest BCUT2D eigenvalue weighted by molar-refractivity contribution is 0.415. The first-order chi connectivity index (χ1) is 12.8. The molecule has 0 unspecified atom stereocenters. The van der Waals surface area contributed by atoms with Crippen LogP contribution in [-0.2, 0) is 0 Å². The summed E-state index contributed by atoms with van der Waals surface area (Å²) >= 11 is 0. The van der Waals surface area contributed by atoms with E-state index in [9.17, 15) is 5.26 Å². The number of imidazole rings is 1. The molecule has 6 heteroatoms. The average molecular weight is 348 g/mol. The van der Waals surface area contributed by atoms with Crippen molar-refractivity contribution in [1.29, 1.82) is 5.26 Å². The van der Waals surface area contributed by atoms with Gasteiger partial charge in [-0.1, -0.05) is 0 Å². The lowest BCUT2D eigenvalue weighted by atomic mass is 10.1. The SMILES string of the molecule is COc1ccc2nc(/C(C#N)=C\c3ccc(N4CCCCC4)o3)[nH]c2c1. The zero-order valence-electron chi connectivity index (χ0n) is 14.7. The summed E-state index contributed by atoms with van der Waals surface area (Å²) in [5, 5.41) is 9.57. The zero-order valence-corrected chi connectivity index (χ0v) is 14.7. The van der Waals surface area contributed by atoms with Gasteiger partial charge in [0, 0.05) is 31.3 Å². The van der Waals surface area contributed by atoms with Gasteiger partial charge in [0.2, 0.25) is 0 Å². The molecular weight excluding hydrogens is 328 g/mol. The van der Waals surface area contributed by atoms with E-state index in [1.54, 1.807) is 13.2 Å². The summed E-state index contributed by atoms with van der Waals surface area (Å²) in [7, 11) is 1.62. The molecule has 0 spiro atoms. The standard InChI is InChI=1S/C20H20N4O2/c1-25-15-5-7-17-18(12-15)23-20(22-17)14(13-21)11-16-6-8-19(26-16)24-9-3-2-4-10-24/h5-8,11-12H,2-4,9-10H2,1H3,(H,22,23)/b14-11-. The monoisotopic (exact) mass is 348 g/mol. The second-order valence-corrected chi connectivity index (χ2v) is 6.36. The Morgan fingerprint density at radius 3 is 2.88 bits per heavy atom. The van der Waals surface area contributed by atoms with Gasteiger partial charge in [-0.05, 0) is 37.5 Å². The van der Waals surface area contributed by atoms with Crippen LogP contribution in [0, 0.1) is 11.3 Å². The molecule has 0 aliphatic carbocycles. The van der Waals surface area contributed by atoms with E-state index in [4.69, 9.17) is 9.15 Å². The molecule has 1 fully saturated rings. The van der Waals surface area contributed by atoms with Crippen LogP contribution < -0.4 is 9.64 Å². The van der Waals surface area contributed by atoms with Crippen molar-refractivity contribution in [2.45, 2.75) is 19.3 Å². The number of methoxy groups -OCH3 is 1. The smallest absolute Gasteiger partial charge is 0.196 e. The molecule has 26 heavy (non-hydrogen) atoms. The van der Waals surface area contributed by atoms with Crippen molar-refractivity contribution in [1.82, 2.24) is 9.97 Å². The highest BCUT2D eigenvalue weighted by atomic mass is 16.5. The quantitative estimate of drug-likeness (QED) is 0.714.